The highest BCUT2D eigenvalue weighted by atomic mass is 32.2. The Labute approximate surface area is 207 Å². The first-order valence-corrected chi connectivity index (χ1v) is 13.3. The molecule has 3 aromatic carbocycles. The quantitative estimate of drug-likeness (QED) is 0.228. The van der Waals surface area contributed by atoms with Gasteiger partial charge in [-0.25, -0.2) is 4.39 Å². The molecule has 0 aliphatic rings. The molecule has 0 N–H and O–H groups in total. The van der Waals surface area contributed by atoms with Crippen molar-refractivity contribution in [2.45, 2.75) is 63.9 Å². The van der Waals surface area contributed by atoms with Crippen LogP contribution < -0.4 is 4.18 Å². The average Bonchev–Trinajstić information content (AvgIpc) is 2.83. The number of carbonyl (C=O) groups excluding carboxylic acids is 1. The highest BCUT2D eigenvalue weighted by molar-refractivity contribution is 7.87. The molecule has 0 radical (unpaired) electrons. The number of unbranched alkanes of at least 4 members (excludes halogenated alkanes) is 2. The number of hydrogen-bond acceptors (Lipinski definition) is 4. The zero-order valence-electron chi connectivity index (χ0n) is 20.4. The van der Waals surface area contributed by atoms with Crippen LogP contribution in [0.5, 0.6) is 5.75 Å². The first kappa shape index (κ1) is 26.4. The average molecular weight is 498 g/mol. The van der Waals surface area contributed by atoms with E-state index in [9.17, 15) is 17.6 Å². The van der Waals surface area contributed by atoms with Crippen molar-refractivity contribution in [3.8, 4) is 5.75 Å². The molecular weight excluding hydrogens is 465 g/mol. The summed E-state index contributed by atoms with van der Waals surface area (Å²) in [5.74, 6) is -0.500. The van der Waals surface area contributed by atoms with Crippen molar-refractivity contribution in [2.24, 2.45) is 0 Å². The summed E-state index contributed by atoms with van der Waals surface area (Å²) in [7, 11) is -4.11. The minimum Gasteiger partial charge on any atom is -0.379 e. The first-order valence-electron chi connectivity index (χ1n) is 11.9. The van der Waals surface area contributed by atoms with E-state index in [0.717, 1.165) is 42.7 Å². The van der Waals surface area contributed by atoms with Crippen molar-refractivity contribution < 1.29 is 21.8 Å². The number of aryl methyl sites for hydroxylation is 1. The van der Waals surface area contributed by atoms with Gasteiger partial charge in [0.1, 0.15) is 16.5 Å². The zero-order chi connectivity index (χ0) is 25.4. The monoisotopic (exact) mass is 497 g/mol. The summed E-state index contributed by atoms with van der Waals surface area (Å²) in [6.45, 7) is 6.35. The fourth-order valence-electron chi connectivity index (χ4n) is 3.72. The molecule has 0 unspecified atom stereocenters. The van der Waals surface area contributed by atoms with Crippen LogP contribution in [0.15, 0.2) is 77.7 Å². The Morgan fingerprint density at radius 3 is 2.26 bits per heavy atom. The van der Waals surface area contributed by atoms with E-state index in [-0.39, 0.29) is 22.6 Å². The lowest BCUT2D eigenvalue weighted by Gasteiger charge is -2.27. The molecule has 0 fully saturated rings. The summed E-state index contributed by atoms with van der Waals surface area (Å²) >= 11 is 0. The maximum atomic E-state index is 13.3. The van der Waals surface area contributed by atoms with E-state index in [0.29, 0.717) is 12.1 Å². The van der Waals surface area contributed by atoms with Gasteiger partial charge in [0.2, 0.25) is 0 Å². The van der Waals surface area contributed by atoms with Crippen molar-refractivity contribution in [1.82, 2.24) is 4.90 Å². The smallest absolute Gasteiger partial charge is 0.339 e. The van der Waals surface area contributed by atoms with E-state index >= 15 is 0 Å². The number of amides is 1. The van der Waals surface area contributed by atoms with E-state index < -0.39 is 15.9 Å². The highest BCUT2D eigenvalue weighted by Gasteiger charge is 2.21. The maximum absolute atomic E-state index is 13.3. The van der Waals surface area contributed by atoms with Crippen molar-refractivity contribution in [2.75, 3.05) is 0 Å². The lowest BCUT2D eigenvalue weighted by atomic mass is 10.0. The topological polar surface area (TPSA) is 63.7 Å². The second kappa shape index (κ2) is 12.0. The number of nitrogens with zero attached hydrogens (tertiary/aromatic N) is 1. The summed E-state index contributed by atoms with van der Waals surface area (Å²) in [4.78, 5) is 14.9. The molecule has 0 aliphatic carbocycles. The molecule has 5 nitrogen and oxygen atoms in total. The largest absolute Gasteiger partial charge is 0.379 e. The summed E-state index contributed by atoms with van der Waals surface area (Å²) in [5, 5.41) is 0. The molecule has 186 valence electrons. The van der Waals surface area contributed by atoms with Gasteiger partial charge >= 0.3 is 10.1 Å². The van der Waals surface area contributed by atoms with Gasteiger partial charge in [0.05, 0.1) is 0 Å². The molecular formula is C28H32FNO4S. The number of benzene rings is 3. The predicted octanol–water partition coefficient (Wildman–Crippen LogP) is 6.38. The van der Waals surface area contributed by atoms with Gasteiger partial charge in [0, 0.05) is 18.2 Å². The van der Waals surface area contributed by atoms with Crippen LogP contribution >= 0.6 is 0 Å². The van der Waals surface area contributed by atoms with Crippen LogP contribution in [0.1, 0.15) is 61.5 Å². The highest BCUT2D eigenvalue weighted by Crippen LogP contribution is 2.22. The minimum absolute atomic E-state index is 0.0701. The van der Waals surface area contributed by atoms with Crippen LogP contribution in [0.2, 0.25) is 0 Å². The number of hydrogen-bond donors (Lipinski definition) is 0. The summed E-state index contributed by atoms with van der Waals surface area (Å²) < 4.78 is 43.5. The maximum Gasteiger partial charge on any atom is 0.339 e. The van der Waals surface area contributed by atoms with E-state index in [1.807, 2.05) is 44.2 Å². The number of halogens is 1. The number of rotatable bonds is 11. The first-order chi connectivity index (χ1) is 16.7. The lowest BCUT2D eigenvalue weighted by Crippen LogP contribution is -2.36. The van der Waals surface area contributed by atoms with E-state index in [2.05, 4.69) is 6.92 Å². The molecule has 0 atom stereocenters. The Hall–Kier alpha value is -3.19. The SMILES string of the molecule is CCCCCc1ccc(C(=O)N(Cc2cccc(OS(=O)(=O)c3ccc(F)cc3)c2)C(C)C)cc1. The predicted molar refractivity (Wildman–Crippen MR) is 135 cm³/mol. The Kier molecular flexibility index (Phi) is 9.04. The summed E-state index contributed by atoms with van der Waals surface area (Å²) in [5.41, 5.74) is 2.57. The molecule has 7 heteroatoms. The molecule has 0 saturated heterocycles. The minimum atomic E-state index is -4.11. The Balaban J connectivity index is 1.73. The summed E-state index contributed by atoms with van der Waals surface area (Å²) in [6.07, 6.45) is 4.50. The zero-order valence-corrected chi connectivity index (χ0v) is 21.2. The molecule has 0 saturated carbocycles. The van der Waals surface area contributed by atoms with Gasteiger partial charge in [-0.3, -0.25) is 4.79 Å². The van der Waals surface area contributed by atoms with Gasteiger partial charge in [-0.1, -0.05) is 44.0 Å². The summed E-state index contributed by atoms with van der Waals surface area (Å²) in [6, 6.07) is 18.8. The molecule has 3 aromatic rings. The second-order valence-electron chi connectivity index (χ2n) is 8.82. The molecule has 0 bridgehead atoms. The Morgan fingerprint density at radius 2 is 1.63 bits per heavy atom. The van der Waals surface area contributed by atoms with Gasteiger partial charge in [-0.05, 0) is 86.3 Å². The molecule has 3 rings (SSSR count). The lowest BCUT2D eigenvalue weighted by molar-refractivity contribution is 0.0690. The van der Waals surface area contributed by atoms with Gasteiger partial charge in [-0.2, -0.15) is 8.42 Å². The molecule has 0 aromatic heterocycles. The van der Waals surface area contributed by atoms with Gasteiger partial charge in [0.25, 0.3) is 5.91 Å². The number of carbonyl (C=O) groups is 1. The molecule has 0 spiro atoms. The Bertz CT molecular complexity index is 1220. The van der Waals surface area contributed by atoms with Crippen LogP contribution in [-0.2, 0) is 23.1 Å². The second-order valence-corrected chi connectivity index (χ2v) is 10.4. The fourth-order valence-corrected chi connectivity index (χ4v) is 4.64. The molecule has 35 heavy (non-hydrogen) atoms. The van der Waals surface area contributed by atoms with Crippen LogP contribution in [0.4, 0.5) is 4.39 Å². The van der Waals surface area contributed by atoms with E-state index in [4.69, 9.17) is 4.18 Å². The standard InChI is InChI=1S/C28H32FNO4S/c1-4-5-6-8-22-11-13-24(14-12-22)28(31)30(21(2)3)20-23-9-7-10-26(19-23)34-35(32,33)27-17-15-25(29)16-18-27/h7,9-19,21H,4-6,8,20H2,1-3H3. The van der Waals surface area contributed by atoms with Crippen molar-refractivity contribution in [3.05, 3.63) is 95.3 Å². The van der Waals surface area contributed by atoms with Crippen molar-refractivity contribution in [1.29, 1.82) is 0 Å². The fraction of sp³-hybridized carbons (Fsp3) is 0.321. The van der Waals surface area contributed by atoms with E-state index in [1.54, 1.807) is 17.0 Å². The van der Waals surface area contributed by atoms with Gasteiger partial charge in [0.15, 0.2) is 0 Å². The molecule has 1 amide bonds. The third-order valence-corrected chi connectivity index (χ3v) is 6.98. The van der Waals surface area contributed by atoms with Crippen molar-refractivity contribution in [3.63, 3.8) is 0 Å². The van der Waals surface area contributed by atoms with Crippen LogP contribution in [-0.4, -0.2) is 25.3 Å². The van der Waals surface area contributed by atoms with Gasteiger partial charge < -0.3 is 9.08 Å². The third-order valence-electron chi connectivity index (χ3n) is 5.71. The Morgan fingerprint density at radius 1 is 0.943 bits per heavy atom. The van der Waals surface area contributed by atoms with Crippen LogP contribution in [0.25, 0.3) is 0 Å². The third kappa shape index (κ3) is 7.39. The van der Waals surface area contributed by atoms with Crippen LogP contribution in [0, 0.1) is 5.82 Å². The van der Waals surface area contributed by atoms with Crippen LogP contribution in [0.3, 0.4) is 0 Å². The molecule has 0 heterocycles. The normalized spacial score (nSPS) is 11.5. The van der Waals surface area contributed by atoms with Crippen molar-refractivity contribution >= 4 is 16.0 Å². The van der Waals surface area contributed by atoms with Gasteiger partial charge in [-0.15, -0.1) is 0 Å². The molecule has 0 aliphatic heterocycles. The van der Waals surface area contributed by atoms with E-state index in [1.165, 1.54) is 24.5 Å².